The second kappa shape index (κ2) is 4.10. The van der Waals surface area contributed by atoms with Crippen molar-refractivity contribution in [2.75, 3.05) is 5.32 Å². The van der Waals surface area contributed by atoms with E-state index in [1.54, 1.807) is 31.2 Å². The van der Waals surface area contributed by atoms with Crippen molar-refractivity contribution in [1.29, 1.82) is 0 Å². The number of anilines is 1. The maximum absolute atomic E-state index is 11.6. The number of aromatic hydroxyl groups is 1. The summed E-state index contributed by atoms with van der Waals surface area (Å²) in [6, 6.07) is 8.09. The van der Waals surface area contributed by atoms with Crippen molar-refractivity contribution in [2.24, 2.45) is 0 Å². The molecule has 4 nitrogen and oxygen atoms in total. The third-order valence-corrected chi connectivity index (χ3v) is 2.20. The summed E-state index contributed by atoms with van der Waals surface area (Å²) in [7, 11) is 0. The van der Waals surface area contributed by atoms with Crippen molar-refractivity contribution in [1.82, 2.24) is 0 Å². The van der Waals surface area contributed by atoms with Crippen molar-refractivity contribution in [3.8, 4) is 5.75 Å². The van der Waals surface area contributed by atoms with Crippen molar-refractivity contribution < 1.29 is 14.3 Å². The Hall–Kier alpha value is -2.23. The van der Waals surface area contributed by atoms with Crippen LogP contribution in [0.25, 0.3) is 0 Å². The Balaban J connectivity index is 2.15. The van der Waals surface area contributed by atoms with Crippen LogP contribution in [-0.2, 0) is 0 Å². The molecule has 0 unspecified atom stereocenters. The molecule has 1 aromatic carbocycles. The summed E-state index contributed by atoms with van der Waals surface area (Å²) in [6.45, 7) is 1.76. The summed E-state index contributed by atoms with van der Waals surface area (Å²) in [6.07, 6.45) is 1.44. The molecule has 4 heteroatoms. The fourth-order valence-corrected chi connectivity index (χ4v) is 1.33. The number of hydrogen-bond acceptors (Lipinski definition) is 3. The second-order valence-corrected chi connectivity index (χ2v) is 3.43. The standard InChI is InChI=1S/C12H11NO3/c1-8-7-9(4-5-10(8)14)13-12(15)11-3-2-6-16-11/h2-7,14H,1H3,(H,13,15). The van der Waals surface area contributed by atoms with Gasteiger partial charge in [-0.05, 0) is 42.8 Å². The van der Waals surface area contributed by atoms with Gasteiger partial charge in [0.25, 0.3) is 5.91 Å². The summed E-state index contributed by atoms with van der Waals surface area (Å²) < 4.78 is 4.96. The normalized spacial score (nSPS) is 10.1. The first-order valence-corrected chi connectivity index (χ1v) is 4.81. The number of carbonyl (C=O) groups is 1. The minimum Gasteiger partial charge on any atom is -0.508 e. The largest absolute Gasteiger partial charge is 0.508 e. The van der Waals surface area contributed by atoms with Gasteiger partial charge in [-0.1, -0.05) is 0 Å². The molecule has 0 fully saturated rings. The molecule has 0 atom stereocenters. The van der Waals surface area contributed by atoms with Gasteiger partial charge in [0.1, 0.15) is 5.75 Å². The highest BCUT2D eigenvalue weighted by Crippen LogP contribution is 2.20. The molecule has 0 spiro atoms. The number of phenols is 1. The number of amides is 1. The maximum atomic E-state index is 11.6. The van der Waals surface area contributed by atoms with Crippen molar-refractivity contribution in [3.63, 3.8) is 0 Å². The Labute approximate surface area is 92.5 Å². The molecule has 0 radical (unpaired) electrons. The minimum atomic E-state index is -0.310. The van der Waals surface area contributed by atoms with E-state index in [1.807, 2.05) is 0 Å². The first-order chi connectivity index (χ1) is 7.66. The number of phenolic OH excluding ortho intramolecular Hbond substituents is 1. The number of furan rings is 1. The van der Waals surface area contributed by atoms with Crippen LogP contribution in [0.5, 0.6) is 5.75 Å². The second-order valence-electron chi connectivity index (χ2n) is 3.43. The fourth-order valence-electron chi connectivity index (χ4n) is 1.33. The van der Waals surface area contributed by atoms with Crippen molar-refractivity contribution >= 4 is 11.6 Å². The zero-order chi connectivity index (χ0) is 11.5. The first kappa shape index (κ1) is 10.3. The van der Waals surface area contributed by atoms with Crippen LogP contribution in [-0.4, -0.2) is 11.0 Å². The topological polar surface area (TPSA) is 62.5 Å². The van der Waals surface area contributed by atoms with E-state index in [9.17, 15) is 9.90 Å². The molecule has 0 saturated heterocycles. The van der Waals surface area contributed by atoms with Crippen LogP contribution in [0.15, 0.2) is 41.0 Å². The number of benzene rings is 1. The Kier molecular flexibility index (Phi) is 2.64. The lowest BCUT2D eigenvalue weighted by molar-refractivity contribution is 0.0996. The molecule has 1 heterocycles. The van der Waals surface area contributed by atoms with Crippen LogP contribution < -0.4 is 5.32 Å². The van der Waals surface area contributed by atoms with Gasteiger partial charge in [-0.25, -0.2) is 0 Å². The van der Waals surface area contributed by atoms with Crippen molar-refractivity contribution in [2.45, 2.75) is 6.92 Å². The van der Waals surface area contributed by atoms with E-state index < -0.39 is 0 Å². The van der Waals surface area contributed by atoms with Gasteiger partial charge >= 0.3 is 0 Å². The van der Waals surface area contributed by atoms with E-state index in [1.165, 1.54) is 12.3 Å². The number of carbonyl (C=O) groups excluding carboxylic acids is 1. The van der Waals surface area contributed by atoms with E-state index in [4.69, 9.17) is 4.42 Å². The van der Waals surface area contributed by atoms with Gasteiger partial charge < -0.3 is 14.8 Å². The van der Waals surface area contributed by atoms with Gasteiger partial charge in [0, 0.05) is 5.69 Å². The fraction of sp³-hybridized carbons (Fsp3) is 0.0833. The van der Waals surface area contributed by atoms with Gasteiger partial charge in [-0.3, -0.25) is 4.79 Å². The van der Waals surface area contributed by atoms with Crippen LogP contribution in [0.1, 0.15) is 16.1 Å². The van der Waals surface area contributed by atoms with E-state index >= 15 is 0 Å². The van der Waals surface area contributed by atoms with Crippen LogP contribution >= 0.6 is 0 Å². The third-order valence-electron chi connectivity index (χ3n) is 2.20. The molecule has 0 bridgehead atoms. The minimum absolute atomic E-state index is 0.205. The third kappa shape index (κ3) is 2.06. The molecule has 1 aromatic heterocycles. The molecular formula is C12H11NO3. The van der Waals surface area contributed by atoms with Crippen LogP contribution in [0.4, 0.5) is 5.69 Å². The highest BCUT2D eigenvalue weighted by atomic mass is 16.3. The molecule has 82 valence electrons. The first-order valence-electron chi connectivity index (χ1n) is 4.81. The lowest BCUT2D eigenvalue weighted by Crippen LogP contribution is -2.10. The molecular weight excluding hydrogens is 206 g/mol. The molecule has 1 amide bonds. The average Bonchev–Trinajstić information content (AvgIpc) is 2.77. The highest BCUT2D eigenvalue weighted by molar-refractivity contribution is 6.02. The predicted octanol–water partition coefficient (Wildman–Crippen LogP) is 2.55. The quantitative estimate of drug-likeness (QED) is 0.760. The van der Waals surface area contributed by atoms with Gasteiger partial charge in [0.2, 0.25) is 0 Å². The Morgan fingerprint density at radius 1 is 1.38 bits per heavy atom. The lowest BCUT2D eigenvalue weighted by Gasteiger charge is -2.05. The maximum Gasteiger partial charge on any atom is 0.291 e. The Morgan fingerprint density at radius 2 is 2.19 bits per heavy atom. The number of aryl methyl sites for hydroxylation is 1. The van der Waals surface area contributed by atoms with E-state index in [-0.39, 0.29) is 17.4 Å². The summed E-state index contributed by atoms with van der Waals surface area (Å²) in [5, 5.41) is 12.0. The molecule has 2 N–H and O–H groups in total. The van der Waals surface area contributed by atoms with Crippen LogP contribution in [0, 0.1) is 6.92 Å². The average molecular weight is 217 g/mol. The molecule has 0 aliphatic carbocycles. The number of hydrogen-bond donors (Lipinski definition) is 2. The Bertz CT molecular complexity index is 503. The van der Waals surface area contributed by atoms with E-state index in [0.29, 0.717) is 11.3 Å². The van der Waals surface area contributed by atoms with Gasteiger partial charge in [-0.2, -0.15) is 0 Å². The molecule has 16 heavy (non-hydrogen) atoms. The molecule has 0 aliphatic rings. The summed E-state index contributed by atoms with van der Waals surface area (Å²) >= 11 is 0. The molecule has 2 aromatic rings. The zero-order valence-corrected chi connectivity index (χ0v) is 8.73. The smallest absolute Gasteiger partial charge is 0.291 e. The molecule has 0 saturated carbocycles. The predicted molar refractivity (Wildman–Crippen MR) is 59.5 cm³/mol. The van der Waals surface area contributed by atoms with E-state index in [2.05, 4.69) is 5.32 Å². The molecule has 0 aliphatic heterocycles. The van der Waals surface area contributed by atoms with Gasteiger partial charge in [0.05, 0.1) is 6.26 Å². The van der Waals surface area contributed by atoms with Crippen LogP contribution in [0.2, 0.25) is 0 Å². The summed E-state index contributed by atoms with van der Waals surface area (Å²) in [4.78, 5) is 11.6. The molecule has 2 rings (SSSR count). The SMILES string of the molecule is Cc1cc(NC(=O)c2ccco2)ccc1O. The van der Waals surface area contributed by atoms with Gasteiger partial charge in [-0.15, -0.1) is 0 Å². The van der Waals surface area contributed by atoms with E-state index in [0.717, 1.165) is 0 Å². The Morgan fingerprint density at radius 3 is 2.81 bits per heavy atom. The number of rotatable bonds is 2. The summed E-state index contributed by atoms with van der Waals surface area (Å²) in [5.41, 5.74) is 1.33. The number of nitrogens with one attached hydrogen (secondary N) is 1. The van der Waals surface area contributed by atoms with Gasteiger partial charge in [0.15, 0.2) is 5.76 Å². The highest BCUT2D eigenvalue weighted by Gasteiger charge is 2.08. The zero-order valence-electron chi connectivity index (χ0n) is 8.73. The monoisotopic (exact) mass is 217 g/mol. The lowest BCUT2D eigenvalue weighted by atomic mass is 10.2. The summed E-state index contributed by atoms with van der Waals surface area (Å²) in [5.74, 6) is 0.150. The van der Waals surface area contributed by atoms with Crippen LogP contribution in [0.3, 0.4) is 0 Å². The van der Waals surface area contributed by atoms with Crippen molar-refractivity contribution in [3.05, 3.63) is 47.9 Å².